The van der Waals surface area contributed by atoms with Crippen molar-refractivity contribution in [2.45, 2.75) is 96.2 Å². The summed E-state index contributed by atoms with van der Waals surface area (Å²) in [7, 11) is 0. The second-order valence-corrected chi connectivity index (χ2v) is 28.8. The van der Waals surface area contributed by atoms with Crippen molar-refractivity contribution in [3.8, 4) is 44.5 Å². The van der Waals surface area contributed by atoms with Crippen LogP contribution in [0.4, 0.5) is 68.2 Å². The molecular formula is C84H94N14O4. The summed E-state index contributed by atoms with van der Waals surface area (Å²) in [6, 6.07) is 72.9. The van der Waals surface area contributed by atoms with Gasteiger partial charge in [0.1, 0.15) is 22.1 Å². The molecule has 0 amide bonds. The molecule has 0 aliphatic rings. The molecule has 10 aromatic carbocycles. The Bertz CT molecular complexity index is 4500. The molecule has 0 atom stereocenters. The molecular weight excluding hydrogens is 1270 g/mol. The van der Waals surface area contributed by atoms with E-state index in [-0.39, 0.29) is 28.1 Å². The molecule has 18 heteroatoms. The molecule has 0 fully saturated rings. The van der Waals surface area contributed by atoms with Gasteiger partial charge in [0.05, 0.1) is 45.4 Å². The normalized spacial score (nSPS) is 11.5. The summed E-state index contributed by atoms with van der Waals surface area (Å²) in [5.41, 5.74) is 28.7. The lowest BCUT2D eigenvalue weighted by Gasteiger charge is -2.27. The highest BCUT2D eigenvalue weighted by Gasteiger charge is 2.40. The highest BCUT2D eigenvalue weighted by atomic mass is 16.6. The summed E-state index contributed by atoms with van der Waals surface area (Å²) >= 11 is 0. The zero-order valence-corrected chi connectivity index (χ0v) is 60.6. The van der Waals surface area contributed by atoms with Crippen molar-refractivity contribution in [1.29, 1.82) is 0 Å². The Labute approximate surface area is 599 Å². The van der Waals surface area contributed by atoms with Crippen LogP contribution in [0.5, 0.6) is 0 Å². The quantitative estimate of drug-likeness (QED) is 0.0293. The van der Waals surface area contributed by atoms with Gasteiger partial charge in [0, 0.05) is 82.8 Å². The van der Waals surface area contributed by atoms with Crippen molar-refractivity contribution >= 4 is 90.3 Å². The summed E-state index contributed by atoms with van der Waals surface area (Å²) in [5, 5.41) is 45.7. The average molecular weight is 1360 g/mol. The summed E-state index contributed by atoms with van der Waals surface area (Å²) in [6.45, 7) is 30.3. The Kier molecular flexibility index (Phi) is 22.4. The van der Waals surface area contributed by atoms with Crippen LogP contribution in [0, 0.1) is 55.7 Å². The zero-order chi connectivity index (χ0) is 72.5. The molecule has 0 saturated carbocycles. The standard InChI is InChI=1S/C42H45N7O4.C42H49N7/c1-28(2)25-45(33-13-9-7-10-14-33)35-21-17-31(18-22-35)37-39-40(44-47(43-39)27-30(5)6)38(42(49(52)53)41(37)48(50)51)32-19-23-36(24-20-32)46(26-29(3)4)34-15-11-8-12-16-34;1-28(2)25-47(33-13-9-7-10-14-33)35-21-17-31(18-22-35)37-39(43)40(44)38(42-41(37)45-49(46-42)27-30(5)6)32-19-23-36(24-20-32)48(26-29(3)4)34-15-11-8-12-16-34/h7-24,28-30H,25-27H2,1-6H3;7-24,28-30H,25-27,43-44H2,1-6H3. The summed E-state index contributed by atoms with van der Waals surface area (Å²) in [4.78, 5) is 37.2. The summed E-state index contributed by atoms with van der Waals surface area (Å²) in [6.07, 6.45) is 0. The summed E-state index contributed by atoms with van der Waals surface area (Å²) in [5.74, 6) is 2.22. The van der Waals surface area contributed by atoms with Crippen molar-refractivity contribution in [3.63, 3.8) is 0 Å². The number of nitrogens with zero attached hydrogens (tertiary/aromatic N) is 12. The van der Waals surface area contributed by atoms with E-state index in [1.807, 2.05) is 98.8 Å². The van der Waals surface area contributed by atoms with Crippen LogP contribution in [0.2, 0.25) is 0 Å². The first-order chi connectivity index (χ1) is 49.0. The van der Waals surface area contributed by atoms with Gasteiger partial charge in [-0.15, -0.1) is 0 Å². The van der Waals surface area contributed by atoms with Crippen molar-refractivity contribution in [2.24, 2.45) is 35.5 Å². The SMILES string of the molecule is CC(C)CN(c1ccccc1)c1ccc(-c2c(N)c(N)c(-c3ccc(N(CC(C)C)c4ccccc4)cc3)c3nn(CC(C)C)nc23)cc1.CC(C)CN(c1ccccc1)c1ccc(-c2c([N+](=O)[O-])c([N+](=O)[O-])c(-c3ccc(N(CC(C)C)c4ccccc4)cc3)c3nn(CC(C)C)nc23)cc1. The molecule has 2 heterocycles. The zero-order valence-electron chi connectivity index (χ0n) is 60.6. The van der Waals surface area contributed by atoms with Crippen LogP contribution < -0.4 is 31.1 Å². The van der Waals surface area contributed by atoms with Crippen molar-refractivity contribution in [3.05, 3.63) is 239 Å². The lowest BCUT2D eigenvalue weighted by Crippen LogP contribution is -2.22. The molecule has 102 heavy (non-hydrogen) atoms. The molecule has 524 valence electrons. The van der Waals surface area contributed by atoms with E-state index >= 15 is 0 Å². The summed E-state index contributed by atoms with van der Waals surface area (Å²) < 4.78 is 0. The number of benzene rings is 10. The number of nitro benzene ring substituents is 2. The van der Waals surface area contributed by atoms with Gasteiger partial charge in [0.15, 0.2) is 0 Å². The molecule has 0 saturated heterocycles. The van der Waals surface area contributed by atoms with Gasteiger partial charge in [-0.2, -0.15) is 30.0 Å². The van der Waals surface area contributed by atoms with E-state index in [2.05, 4.69) is 198 Å². The van der Waals surface area contributed by atoms with Crippen molar-refractivity contribution in [2.75, 3.05) is 57.2 Å². The highest BCUT2D eigenvalue weighted by Crippen LogP contribution is 2.51. The van der Waals surface area contributed by atoms with E-state index in [4.69, 9.17) is 31.9 Å². The maximum Gasteiger partial charge on any atom is 0.356 e. The number of rotatable bonds is 26. The maximum atomic E-state index is 13.0. The van der Waals surface area contributed by atoms with E-state index in [9.17, 15) is 20.2 Å². The van der Waals surface area contributed by atoms with E-state index in [0.717, 1.165) is 105 Å². The van der Waals surface area contributed by atoms with Crippen LogP contribution in [0.3, 0.4) is 0 Å². The molecule has 0 spiro atoms. The first kappa shape index (κ1) is 71.9. The molecule has 2 aromatic heterocycles. The second-order valence-electron chi connectivity index (χ2n) is 28.8. The molecule has 18 nitrogen and oxygen atoms in total. The number of fused-ring (bicyclic) bond motifs is 2. The third-order valence-electron chi connectivity index (χ3n) is 17.5. The minimum atomic E-state index is -0.658. The third kappa shape index (κ3) is 16.2. The number of hydrogen-bond acceptors (Lipinski definition) is 14. The number of nitrogens with two attached hydrogens (primary N) is 2. The topological polar surface area (TPSA) is 213 Å². The van der Waals surface area contributed by atoms with Gasteiger partial charge in [-0.3, -0.25) is 20.2 Å². The predicted octanol–water partition coefficient (Wildman–Crippen LogP) is 21.0. The second kappa shape index (κ2) is 31.9. The van der Waals surface area contributed by atoms with Crippen molar-refractivity contribution in [1.82, 2.24) is 30.0 Å². The lowest BCUT2D eigenvalue weighted by atomic mass is 9.93. The fourth-order valence-electron chi connectivity index (χ4n) is 13.2. The predicted molar refractivity (Wildman–Crippen MR) is 422 cm³/mol. The van der Waals surface area contributed by atoms with Gasteiger partial charge in [-0.1, -0.05) is 204 Å². The van der Waals surface area contributed by atoms with Crippen LogP contribution in [0.25, 0.3) is 66.6 Å². The molecule has 12 aromatic rings. The maximum absolute atomic E-state index is 13.0. The van der Waals surface area contributed by atoms with Crippen LogP contribution in [-0.4, -0.2) is 66.0 Å². The number of anilines is 10. The van der Waals surface area contributed by atoms with Gasteiger partial charge in [-0.25, -0.2) is 0 Å². The molecule has 12 rings (SSSR count). The van der Waals surface area contributed by atoms with E-state index in [1.165, 1.54) is 4.80 Å². The van der Waals surface area contributed by atoms with Crippen LogP contribution in [-0.2, 0) is 13.1 Å². The largest absolute Gasteiger partial charge is 0.396 e. The van der Waals surface area contributed by atoms with Gasteiger partial charge < -0.3 is 31.1 Å². The number of aromatic nitrogens is 6. The minimum absolute atomic E-state index is 0.0703. The number of nitrogen functional groups attached to an aromatic ring is 2. The van der Waals surface area contributed by atoms with Gasteiger partial charge in [-0.05, 0) is 155 Å². The molecule has 0 unspecified atom stereocenters. The Balaban J connectivity index is 0.000000206. The van der Waals surface area contributed by atoms with Gasteiger partial charge in [0.2, 0.25) is 0 Å². The van der Waals surface area contributed by atoms with Crippen LogP contribution >= 0.6 is 0 Å². The minimum Gasteiger partial charge on any atom is -0.396 e. The first-order valence-electron chi connectivity index (χ1n) is 35.4. The van der Waals surface area contributed by atoms with Gasteiger partial charge in [0.25, 0.3) is 0 Å². The molecule has 0 aliphatic heterocycles. The monoisotopic (exact) mass is 1360 g/mol. The number of nitro groups is 2. The van der Waals surface area contributed by atoms with E-state index in [0.29, 0.717) is 65.2 Å². The highest BCUT2D eigenvalue weighted by molar-refractivity contribution is 6.13. The molecule has 4 N–H and O–H groups in total. The molecule has 0 bridgehead atoms. The Morgan fingerprint density at radius 2 is 0.500 bits per heavy atom. The molecule has 0 aliphatic carbocycles. The lowest BCUT2D eigenvalue weighted by molar-refractivity contribution is -0.421. The Hall–Kier alpha value is -11.4. The Morgan fingerprint density at radius 1 is 0.304 bits per heavy atom. The van der Waals surface area contributed by atoms with Crippen LogP contribution in [0.15, 0.2) is 218 Å². The third-order valence-corrected chi connectivity index (χ3v) is 17.5. The van der Waals surface area contributed by atoms with Gasteiger partial charge >= 0.3 is 11.4 Å². The first-order valence-corrected chi connectivity index (χ1v) is 35.4. The fraction of sp³-hybridized carbons (Fsp3) is 0.286. The fourth-order valence-corrected chi connectivity index (χ4v) is 13.2. The number of hydrogen-bond donors (Lipinski definition) is 2. The molecule has 0 radical (unpaired) electrons. The number of para-hydroxylation sites is 4. The Morgan fingerprint density at radius 3 is 0.696 bits per heavy atom. The van der Waals surface area contributed by atoms with E-state index in [1.54, 1.807) is 29.1 Å². The van der Waals surface area contributed by atoms with E-state index < -0.39 is 21.2 Å². The van der Waals surface area contributed by atoms with Crippen molar-refractivity contribution < 1.29 is 9.85 Å². The van der Waals surface area contributed by atoms with Crippen LogP contribution in [0.1, 0.15) is 83.1 Å². The average Bonchev–Trinajstić information content (AvgIpc) is 1.43. The smallest absolute Gasteiger partial charge is 0.356 e.